The summed E-state index contributed by atoms with van der Waals surface area (Å²) >= 11 is 11.6. The average Bonchev–Trinajstić information content (AvgIpc) is 2.26. The summed E-state index contributed by atoms with van der Waals surface area (Å²) in [5, 5.41) is 10.9. The Morgan fingerprint density at radius 3 is 2.53 bits per heavy atom. The van der Waals surface area contributed by atoms with Gasteiger partial charge < -0.3 is 5.32 Å². The highest BCUT2D eigenvalue weighted by Gasteiger charge is 2.24. The van der Waals surface area contributed by atoms with Gasteiger partial charge in [-0.3, -0.25) is 0 Å². The third kappa shape index (κ3) is 3.43. The quantitative estimate of drug-likeness (QED) is 0.900. The molecule has 1 saturated heterocycles. The summed E-state index contributed by atoms with van der Waals surface area (Å²) in [6, 6.07) is 1.66. The molecule has 0 radical (unpaired) electrons. The fraction of sp³-hybridized carbons (Fsp3) is 0.556. The van der Waals surface area contributed by atoms with Gasteiger partial charge in [0.2, 0.25) is 0 Å². The SMILES string of the molecule is O=S1(=O)CCC(Nc2cc(Cl)nnc2Cl)CC1. The van der Waals surface area contributed by atoms with Gasteiger partial charge >= 0.3 is 0 Å². The van der Waals surface area contributed by atoms with E-state index in [1.54, 1.807) is 6.07 Å². The van der Waals surface area contributed by atoms with Crippen molar-refractivity contribution in [1.29, 1.82) is 0 Å². The lowest BCUT2D eigenvalue weighted by Crippen LogP contribution is -2.32. The summed E-state index contributed by atoms with van der Waals surface area (Å²) in [4.78, 5) is 0. The maximum Gasteiger partial charge on any atom is 0.174 e. The lowest BCUT2D eigenvalue weighted by molar-refractivity contribution is 0.559. The van der Waals surface area contributed by atoms with Crippen LogP contribution in [0.2, 0.25) is 10.3 Å². The number of hydrogen-bond acceptors (Lipinski definition) is 5. The zero-order chi connectivity index (χ0) is 12.5. The molecule has 1 aromatic rings. The maximum absolute atomic E-state index is 11.3. The first-order valence-corrected chi connectivity index (χ1v) is 7.70. The summed E-state index contributed by atoms with van der Waals surface area (Å²) in [5.41, 5.74) is 0.593. The van der Waals surface area contributed by atoms with Gasteiger partial charge in [-0.05, 0) is 12.8 Å². The molecule has 2 rings (SSSR count). The number of sulfone groups is 1. The van der Waals surface area contributed by atoms with Crippen molar-refractivity contribution < 1.29 is 8.42 Å². The molecule has 1 aliphatic heterocycles. The summed E-state index contributed by atoms with van der Waals surface area (Å²) in [5.74, 6) is 0.406. The smallest absolute Gasteiger partial charge is 0.174 e. The molecule has 0 bridgehead atoms. The van der Waals surface area contributed by atoms with Crippen LogP contribution in [0.3, 0.4) is 0 Å². The standard InChI is InChI=1S/C9H11Cl2N3O2S/c10-8-5-7(9(11)14-13-8)12-6-1-3-17(15,16)4-2-6/h5-6H,1-4H2,(H,12,13). The van der Waals surface area contributed by atoms with Crippen molar-refractivity contribution in [1.82, 2.24) is 10.2 Å². The Bertz CT molecular complexity index is 507. The second kappa shape index (κ2) is 4.96. The highest BCUT2D eigenvalue weighted by Crippen LogP contribution is 2.24. The van der Waals surface area contributed by atoms with E-state index in [2.05, 4.69) is 15.5 Å². The molecule has 0 aliphatic carbocycles. The Morgan fingerprint density at radius 1 is 1.24 bits per heavy atom. The van der Waals surface area contributed by atoms with Gasteiger partial charge in [-0.2, -0.15) is 0 Å². The minimum atomic E-state index is -2.85. The van der Waals surface area contributed by atoms with Crippen molar-refractivity contribution in [2.75, 3.05) is 16.8 Å². The van der Waals surface area contributed by atoms with E-state index < -0.39 is 9.84 Å². The molecular weight excluding hydrogens is 285 g/mol. The van der Waals surface area contributed by atoms with Crippen molar-refractivity contribution in [3.63, 3.8) is 0 Å². The number of rotatable bonds is 2. The van der Waals surface area contributed by atoms with Crippen molar-refractivity contribution in [3.05, 3.63) is 16.4 Å². The van der Waals surface area contributed by atoms with Crippen molar-refractivity contribution >= 4 is 38.7 Å². The average molecular weight is 296 g/mol. The van der Waals surface area contributed by atoms with Crippen LogP contribution < -0.4 is 5.32 Å². The molecule has 17 heavy (non-hydrogen) atoms. The van der Waals surface area contributed by atoms with E-state index in [4.69, 9.17) is 23.2 Å². The van der Waals surface area contributed by atoms with Crippen LogP contribution in [-0.4, -0.2) is 36.2 Å². The fourth-order valence-electron chi connectivity index (χ4n) is 1.71. The molecule has 0 saturated carbocycles. The zero-order valence-electron chi connectivity index (χ0n) is 8.86. The van der Waals surface area contributed by atoms with E-state index in [1.165, 1.54) is 0 Å². The molecule has 0 spiro atoms. The lowest BCUT2D eigenvalue weighted by atomic mass is 10.1. The minimum Gasteiger partial charge on any atom is -0.380 e. The third-order valence-electron chi connectivity index (χ3n) is 2.63. The molecule has 0 unspecified atom stereocenters. The van der Waals surface area contributed by atoms with E-state index in [9.17, 15) is 8.42 Å². The number of nitrogens with zero attached hydrogens (tertiary/aromatic N) is 2. The fourth-order valence-corrected chi connectivity index (χ4v) is 3.49. The van der Waals surface area contributed by atoms with Gasteiger partial charge in [0.05, 0.1) is 17.2 Å². The van der Waals surface area contributed by atoms with E-state index in [1.807, 2.05) is 0 Å². The van der Waals surface area contributed by atoms with Crippen molar-refractivity contribution in [2.24, 2.45) is 0 Å². The third-order valence-corrected chi connectivity index (χ3v) is 4.81. The largest absolute Gasteiger partial charge is 0.380 e. The van der Waals surface area contributed by atoms with Gasteiger partial charge in [-0.25, -0.2) is 8.42 Å². The topological polar surface area (TPSA) is 72.0 Å². The minimum absolute atomic E-state index is 0.0799. The summed E-state index contributed by atoms with van der Waals surface area (Å²) in [7, 11) is -2.85. The molecule has 0 atom stereocenters. The van der Waals surface area contributed by atoms with Crippen LogP contribution in [0.25, 0.3) is 0 Å². The Morgan fingerprint density at radius 2 is 1.88 bits per heavy atom. The van der Waals surface area contributed by atoms with E-state index in [0.29, 0.717) is 18.5 Å². The highest BCUT2D eigenvalue weighted by atomic mass is 35.5. The van der Waals surface area contributed by atoms with Crippen LogP contribution in [-0.2, 0) is 9.84 Å². The first kappa shape index (κ1) is 12.9. The molecule has 1 aromatic heterocycles. The molecular formula is C9H11Cl2N3O2S. The first-order chi connectivity index (χ1) is 7.96. The second-order valence-electron chi connectivity index (χ2n) is 3.94. The normalized spacial score (nSPS) is 20.1. The van der Waals surface area contributed by atoms with Crippen LogP contribution in [0.5, 0.6) is 0 Å². The molecule has 5 nitrogen and oxygen atoms in total. The van der Waals surface area contributed by atoms with Gasteiger partial charge in [-0.1, -0.05) is 23.2 Å². The van der Waals surface area contributed by atoms with E-state index >= 15 is 0 Å². The van der Waals surface area contributed by atoms with Gasteiger partial charge in [0.15, 0.2) is 10.3 Å². The van der Waals surface area contributed by atoms with Crippen LogP contribution >= 0.6 is 23.2 Å². The summed E-state index contributed by atoms with van der Waals surface area (Å²) in [6.45, 7) is 0. The van der Waals surface area contributed by atoms with Gasteiger partial charge in [-0.15, -0.1) is 10.2 Å². The lowest BCUT2D eigenvalue weighted by Gasteiger charge is -2.24. The molecule has 0 amide bonds. The van der Waals surface area contributed by atoms with Crippen LogP contribution in [0.15, 0.2) is 6.07 Å². The Labute approximate surface area is 109 Å². The monoisotopic (exact) mass is 295 g/mol. The van der Waals surface area contributed by atoms with E-state index in [-0.39, 0.29) is 27.9 Å². The number of halogens is 2. The number of aromatic nitrogens is 2. The molecule has 1 fully saturated rings. The maximum atomic E-state index is 11.3. The van der Waals surface area contributed by atoms with Gasteiger partial charge in [0, 0.05) is 12.1 Å². The van der Waals surface area contributed by atoms with Crippen LogP contribution in [0.4, 0.5) is 5.69 Å². The highest BCUT2D eigenvalue weighted by molar-refractivity contribution is 7.91. The van der Waals surface area contributed by atoms with Crippen molar-refractivity contribution in [3.8, 4) is 0 Å². The number of hydrogen-bond donors (Lipinski definition) is 1. The molecule has 1 N–H and O–H groups in total. The first-order valence-electron chi connectivity index (χ1n) is 5.12. The molecule has 8 heteroatoms. The van der Waals surface area contributed by atoms with Gasteiger partial charge in [0.25, 0.3) is 0 Å². The zero-order valence-corrected chi connectivity index (χ0v) is 11.2. The Balaban J connectivity index is 2.05. The molecule has 2 heterocycles. The number of anilines is 1. The predicted molar refractivity (Wildman–Crippen MR) is 67.4 cm³/mol. The Kier molecular flexibility index (Phi) is 3.75. The van der Waals surface area contributed by atoms with Crippen LogP contribution in [0.1, 0.15) is 12.8 Å². The second-order valence-corrected chi connectivity index (χ2v) is 6.99. The predicted octanol–water partition coefficient (Wildman–Crippen LogP) is 1.77. The summed E-state index contributed by atoms with van der Waals surface area (Å²) < 4.78 is 22.5. The van der Waals surface area contributed by atoms with E-state index in [0.717, 1.165) is 0 Å². The molecule has 0 aromatic carbocycles. The number of nitrogens with one attached hydrogen (secondary N) is 1. The molecule has 94 valence electrons. The van der Waals surface area contributed by atoms with Gasteiger partial charge in [0.1, 0.15) is 9.84 Å². The van der Waals surface area contributed by atoms with Crippen LogP contribution in [0, 0.1) is 0 Å². The molecule has 1 aliphatic rings. The summed E-state index contributed by atoms with van der Waals surface area (Å²) in [6.07, 6.45) is 1.14. The van der Waals surface area contributed by atoms with Crippen molar-refractivity contribution in [2.45, 2.75) is 18.9 Å². The Hall–Kier alpha value is -0.590.